The second-order valence-electron chi connectivity index (χ2n) is 4.97. The predicted octanol–water partition coefficient (Wildman–Crippen LogP) is 0.603. The molecule has 0 aromatic rings. The van der Waals surface area contributed by atoms with Gasteiger partial charge in [0.25, 0.3) is 0 Å². The molecule has 3 heterocycles. The van der Waals surface area contributed by atoms with Crippen molar-refractivity contribution < 1.29 is 4.74 Å². The molecule has 3 heteroatoms. The van der Waals surface area contributed by atoms with E-state index >= 15 is 0 Å². The molecule has 2 atom stereocenters. The summed E-state index contributed by atoms with van der Waals surface area (Å²) in [5, 5.41) is 3.55. The van der Waals surface area contributed by atoms with Gasteiger partial charge in [-0.2, -0.15) is 0 Å². The summed E-state index contributed by atoms with van der Waals surface area (Å²) < 4.78 is 5.49. The van der Waals surface area contributed by atoms with E-state index < -0.39 is 0 Å². The second kappa shape index (κ2) is 3.47. The number of piperidine rings is 1. The van der Waals surface area contributed by atoms with E-state index in [1.165, 1.54) is 45.3 Å². The van der Waals surface area contributed by atoms with E-state index in [9.17, 15) is 0 Å². The molecule has 1 N–H and O–H groups in total. The van der Waals surface area contributed by atoms with Crippen molar-refractivity contribution in [2.45, 2.75) is 37.3 Å². The minimum Gasteiger partial charge on any atom is -0.380 e. The summed E-state index contributed by atoms with van der Waals surface area (Å²) in [4.78, 5) is 2.71. The molecular formula is C11H20N2O. The lowest BCUT2D eigenvalue weighted by molar-refractivity contribution is -0.0653. The van der Waals surface area contributed by atoms with E-state index in [2.05, 4.69) is 10.2 Å². The molecule has 1 spiro atoms. The Morgan fingerprint density at radius 2 is 2.36 bits per heavy atom. The van der Waals surface area contributed by atoms with Crippen LogP contribution in [0, 0.1) is 0 Å². The van der Waals surface area contributed by atoms with Gasteiger partial charge in [-0.3, -0.25) is 4.90 Å². The average molecular weight is 196 g/mol. The summed E-state index contributed by atoms with van der Waals surface area (Å²) in [5.41, 5.74) is 0.524. The second-order valence-corrected chi connectivity index (χ2v) is 4.97. The van der Waals surface area contributed by atoms with E-state index in [-0.39, 0.29) is 0 Å². The normalized spacial score (nSPS) is 44.1. The fourth-order valence-corrected chi connectivity index (χ4v) is 3.31. The third-order valence-corrected chi connectivity index (χ3v) is 4.22. The van der Waals surface area contributed by atoms with Gasteiger partial charge in [0.1, 0.15) is 0 Å². The SMILES string of the molecule is C1CNC[C@@]2(C1)CCN2[C@@H]1CCOC1. The third kappa shape index (κ3) is 1.30. The molecule has 3 saturated heterocycles. The Labute approximate surface area is 85.8 Å². The van der Waals surface area contributed by atoms with Crippen molar-refractivity contribution in [3.05, 3.63) is 0 Å². The molecule has 0 aromatic carbocycles. The fourth-order valence-electron chi connectivity index (χ4n) is 3.31. The van der Waals surface area contributed by atoms with Gasteiger partial charge in [0, 0.05) is 31.3 Å². The molecule has 0 unspecified atom stereocenters. The molecule has 3 nitrogen and oxygen atoms in total. The molecule has 3 aliphatic rings. The number of rotatable bonds is 1. The zero-order valence-electron chi connectivity index (χ0n) is 8.80. The standard InChI is InChI=1S/C11H20N2O/c1-3-11(9-12-5-1)4-6-13(11)10-2-7-14-8-10/h10,12H,1-9H2/t10-,11-/m1/s1. The van der Waals surface area contributed by atoms with Crippen LogP contribution in [0.3, 0.4) is 0 Å². The van der Waals surface area contributed by atoms with Crippen LogP contribution in [0.1, 0.15) is 25.7 Å². The number of ether oxygens (including phenoxy) is 1. The van der Waals surface area contributed by atoms with Gasteiger partial charge in [-0.15, -0.1) is 0 Å². The molecule has 3 rings (SSSR count). The minimum atomic E-state index is 0.524. The van der Waals surface area contributed by atoms with Crippen molar-refractivity contribution in [2.24, 2.45) is 0 Å². The topological polar surface area (TPSA) is 24.5 Å². The lowest BCUT2D eigenvalue weighted by Crippen LogP contribution is -2.69. The smallest absolute Gasteiger partial charge is 0.0622 e. The molecule has 80 valence electrons. The molecule has 0 amide bonds. The van der Waals surface area contributed by atoms with Crippen LogP contribution in [-0.2, 0) is 4.74 Å². The highest BCUT2D eigenvalue weighted by Crippen LogP contribution is 2.39. The first kappa shape index (κ1) is 9.13. The number of nitrogens with zero attached hydrogens (tertiary/aromatic N) is 1. The van der Waals surface area contributed by atoms with Gasteiger partial charge < -0.3 is 10.1 Å². The van der Waals surface area contributed by atoms with E-state index in [1.54, 1.807) is 0 Å². The van der Waals surface area contributed by atoms with Gasteiger partial charge in [-0.25, -0.2) is 0 Å². The van der Waals surface area contributed by atoms with E-state index in [0.717, 1.165) is 19.3 Å². The highest BCUT2D eigenvalue weighted by Gasteiger charge is 2.48. The van der Waals surface area contributed by atoms with Crippen molar-refractivity contribution in [3.63, 3.8) is 0 Å². The van der Waals surface area contributed by atoms with Gasteiger partial charge in [-0.1, -0.05) is 0 Å². The van der Waals surface area contributed by atoms with Gasteiger partial charge in [0.15, 0.2) is 0 Å². The van der Waals surface area contributed by atoms with Crippen molar-refractivity contribution >= 4 is 0 Å². The quantitative estimate of drug-likeness (QED) is 0.665. The number of hydrogen-bond donors (Lipinski definition) is 1. The monoisotopic (exact) mass is 196 g/mol. The van der Waals surface area contributed by atoms with Crippen LogP contribution in [0.15, 0.2) is 0 Å². The van der Waals surface area contributed by atoms with Crippen LogP contribution in [0.4, 0.5) is 0 Å². The average Bonchev–Trinajstić information content (AvgIpc) is 2.71. The molecule has 0 aliphatic carbocycles. The summed E-state index contributed by atoms with van der Waals surface area (Å²) in [6, 6.07) is 0.726. The maximum Gasteiger partial charge on any atom is 0.0622 e. The molecule has 14 heavy (non-hydrogen) atoms. The van der Waals surface area contributed by atoms with Crippen LogP contribution in [0.25, 0.3) is 0 Å². The molecule has 3 fully saturated rings. The predicted molar refractivity (Wildman–Crippen MR) is 55.4 cm³/mol. The van der Waals surface area contributed by atoms with Gasteiger partial charge in [-0.05, 0) is 32.2 Å². The summed E-state index contributed by atoms with van der Waals surface area (Å²) in [6.45, 7) is 5.68. The van der Waals surface area contributed by atoms with Crippen molar-refractivity contribution in [2.75, 3.05) is 32.8 Å². The number of likely N-dealkylation sites (tertiary alicyclic amines) is 1. The Morgan fingerprint density at radius 1 is 1.36 bits per heavy atom. The first-order valence-corrected chi connectivity index (χ1v) is 5.96. The summed E-state index contributed by atoms with van der Waals surface area (Å²) in [6.07, 6.45) is 5.40. The summed E-state index contributed by atoms with van der Waals surface area (Å²) >= 11 is 0. The van der Waals surface area contributed by atoms with Gasteiger partial charge in [0.2, 0.25) is 0 Å². The number of hydrogen-bond acceptors (Lipinski definition) is 3. The Bertz CT molecular complexity index is 207. The van der Waals surface area contributed by atoms with Crippen LogP contribution >= 0.6 is 0 Å². The van der Waals surface area contributed by atoms with E-state index in [0.29, 0.717) is 5.54 Å². The molecule has 0 aromatic heterocycles. The van der Waals surface area contributed by atoms with Gasteiger partial charge >= 0.3 is 0 Å². The zero-order chi connectivity index (χ0) is 9.43. The van der Waals surface area contributed by atoms with Crippen molar-refractivity contribution in [1.29, 1.82) is 0 Å². The molecule has 0 radical (unpaired) electrons. The summed E-state index contributed by atoms with van der Waals surface area (Å²) in [5.74, 6) is 0. The zero-order valence-corrected chi connectivity index (χ0v) is 8.80. The highest BCUT2D eigenvalue weighted by atomic mass is 16.5. The lowest BCUT2D eigenvalue weighted by atomic mass is 9.77. The molecule has 3 aliphatic heterocycles. The first-order chi connectivity index (χ1) is 6.91. The Balaban J connectivity index is 1.68. The maximum atomic E-state index is 5.49. The van der Waals surface area contributed by atoms with Crippen LogP contribution < -0.4 is 5.32 Å². The van der Waals surface area contributed by atoms with Gasteiger partial charge in [0.05, 0.1) is 6.61 Å². The molecule has 0 bridgehead atoms. The Hall–Kier alpha value is -0.120. The van der Waals surface area contributed by atoms with E-state index in [1.807, 2.05) is 0 Å². The maximum absolute atomic E-state index is 5.49. The Morgan fingerprint density at radius 3 is 2.93 bits per heavy atom. The molecule has 0 saturated carbocycles. The Kier molecular flexibility index (Phi) is 2.26. The minimum absolute atomic E-state index is 0.524. The fraction of sp³-hybridized carbons (Fsp3) is 1.00. The van der Waals surface area contributed by atoms with Crippen molar-refractivity contribution in [1.82, 2.24) is 10.2 Å². The first-order valence-electron chi connectivity index (χ1n) is 5.96. The lowest BCUT2D eigenvalue weighted by Gasteiger charge is -2.57. The van der Waals surface area contributed by atoms with Crippen molar-refractivity contribution in [3.8, 4) is 0 Å². The van der Waals surface area contributed by atoms with E-state index in [4.69, 9.17) is 4.74 Å². The highest BCUT2D eigenvalue weighted by molar-refractivity contribution is 5.05. The third-order valence-electron chi connectivity index (χ3n) is 4.22. The van der Waals surface area contributed by atoms with Crippen LogP contribution in [0.5, 0.6) is 0 Å². The number of nitrogens with one attached hydrogen (secondary N) is 1. The largest absolute Gasteiger partial charge is 0.380 e. The van der Waals surface area contributed by atoms with Crippen LogP contribution in [0.2, 0.25) is 0 Å². The summed E-state index contributed by atoms with van der Waals surface area (Å²) in [7, 11) is 0. The van der Waals surface area contributed by atoms with Crippen LogP contribution in [-0.4, -0.2) is 49.3 Å². The molecular weight excluding hydrogens is 176 g/mol.